The summed E-state index contributed by atoms with van der Waals surface area (Å²) in [5, 5.41) is 0.858. The van der Waals surface area contributed by atoms with Crippen LogP contribution in [-0.4, -0.2) is 4.98 Å². The molecule has 88 valence electrons. The maximum Gasteiger partial charge on any atom is 0.0464 e. The first-order valence-electron chi connectivity index (χ1n) is 5.70. The lowest BCUT2D eigenvalue weighted by molar-refractivity contribution is 1.12. The number of aryl methyl sites for hydroxylation is 4. The molecule has 0 fully saturated rings. The van der Waals surface area contributed by atoms with E-state index in [1.807, 2.05) is 27.7 Å². The average molecular weight is 246 g/mol. The fourth-order valence-electron chi connectivity index (χ4n) is 2.11. The zero-order chi connectivity index (χ0) is 12.6. The van der Waals surface area contributed by atoms with Gasteiger partial charge in [-0.2, -0.15) is 0 Å². The second-order valence-corrected chi connectivity index (χ2v) is 4.94. The van der Waals surface area contributed by atoms with Crippen molar-refractivity contribution in [2.24, 2.45) is 0 Å². The van der Waals surface area contributed by atoms with Gasteiger partial charge in [0.2, 0.25) is 0 Å². The molecule has 17 heavy (non-hydrogen) atoms. The molecule has 0 saturated heterocycles. The summed E-state index contributed by atoms with van der Waals surface area (Å²) in [6.07, 6.45) is 0. The normalized spacial score (nSPS) is 10.6. The molecular formula is C15H16ClN. The largest absolute Gasteiger partial charge is 0.258 e. The SMILES string of the molecule is Cc1cc(-c2cc(C)c(Cl)c(C)c2)cc(C)n1. The highest BCUT2D eigenvalue weighted by Gasteiger charge is 2.05. The highest BCUT2D eigenvalue weighted by Crippen LogP contribution is 2.28. The highest BCUT2D eigenvalue weighted by atomic mass is 35.5. The number of nitrogens with zero attached hydrogens (tertiary/aromatic N) is 1. The molecule has 0 radical (unpaired) electrons. The summed E-state index contributed by atoms with van der Waals surface area (Å²) in [4.78, 5) is 4.40. The lowest BCUT2D eigenvalue weighted by Crippen LogP contribution is -1.90. The van der Waals surface area contributed by atoms with Crippen LogP contribution in [0.4, 0.5) is 0 Å². The molecule has 2 rings (SSSR count). The summed E-state index contributed by atoms with van der Waals surface area (Å²) < 4.78 is 0. The quantitative estimate of drug-likeness (QED) is 0.714. The maximum atomic E-state index is 6.19. The fraction of sp³-hybridized carbons (Fsp3) is 0.267. The number of halogens is 1. The number of pyridine rings is 1. The van der Waals surface area contributed by atoms with Crippen molar-refractivity contribution in [3.8, 4) is 11.1 Å². The lowest BCUT2D eigenvalue weighted by Gasteiger charge is -2.09. The minimum Gasteiger partial charge on any atom is -0.258 e. The van der Waals surface area contributed by atoms with Gasteiger partial charge in [0.05, 0.1) is 0 Å². The molecule has 0 unspecified atom stereocenters. The van der Waals surface area contributed by atoms with Crippen molar-refractivity contribution in [1.29, 1.82) is 0 Å². The smallest absolute Gasteiger partial charge is 0.0464 e. The van der Waals surface area contributed by atoms with Crippen LogP contribution in [0.5, 0.6) is 0 Å². The Kier molecular flexibility index (Phi) is 3.21. The minimum absolute atomic E-state index is 0.858. The first-order valence-corrected chi connectivity index (χ1v) is 6.07. The van der Waals surface area contributed by atoms with E-state index in [0.29, 0.717) is 0 Å². The van der Waals surface area contributed by atoms with Crippen LogP contribution in [-0.2, 0) is 0 Å². The molecule has 2 aromatic rings. The number of rotatable bonds is 1. The summed E-state index contributed by atoms with van der Waals surface area (Å²) in [6, 6.07) is 8.47. The Morgan fingerprint density at radius 2 is 1.18 bits per heavy atom. The standard InChI is InChI=1S/C15H16ClN/c1-9-5-13(6-10(2)15(9)16)14-7-11(3)17-12(4)8-14/h5-8H,1-4H3. The van der Waals surface area contributed by atoms with Crippen LogP contribution in [0.3, 0.4) is 0 Å². The van der Waals surface area contributed by atoms with Crippen LogP contribution in [0.25, 0.3) is 11.1 Å². The van der Waals surface area contributed by atoms with Crippen molar-refractivity contribution in [2.45, 2.75) is 27.7 Å². The molecule has 0 N–H and O–H groups in total. The van der Waals surface area contributed by atoms with Crippen molar-refractivity contribution in [1.82, 2.24) is 4.98 Å². The Labute approximate surface area is 107 Å². The molecule has 0 aliphatic rings. The molecule has 1 heterocycles. The predicted molar refractivity (Wildman–Crippen MR) is 73.6 cm³/mol. The fourth-order valence-corrected chi connectivity index (χ4v) is 2.22. The van der Waals surface area contributed by atoms with Gasteiger partial charge >= 0.3 is 0 Å². The molecule has 1 aromatic heterocycles. The van der Waals surface area contributed by atoms with E-state index in [2.05, 4.69) is 29.2 Å². The monoisotopic (exact) mass is 245 g/mol. The average Bonchev–Trinajstić information content (AvgIpc) is 2.23. The van der Waals surface area contributed by atoms with Gasteiger partial charge in [0.15, 0.2) is 0 Å². The van der Waals surface area contributed by atoms with Gasteiger partial charge in [-0.1, -0.05) is 11.6 Å². The molecule has 0 aliphatic heterocycles. The molecule has 0 saturated carbocycles. The van der Waals surface area contributed by atoms with Gasteiger partial charge in [0.25, 0.3) is 0 Å². The summed E-state index contributed by atoms with van der Waals surface area (Å²) in [7, 11) is 0. The van der Waals surface area contributed by atoms with Crippen molar-refractivity contribution in [3.63, 3.8) is 0 Å². The van der Waals surface area contributed by atoms with Crippen LogP contribution < -0.4 is 0 Å². The first-order chi connectivity index (χ1) is 7.97. The van der Waals surface area contributed by atoms with E-state index in [-0.39, 0.29) is 0 Å². The zero-order valence-electron chi connectivity index (χ0n) is 10.6. The van der Waals surface area contributed by atoms with Crippen molar-refractivity contribution < 1.29 is 0 Å². The first kappa shape index (κ1) is 12.1. The Morgan fingerprint density at radius 3 is 1.65 bits per heavy atom. The molecule has 0 atom stereocenters. The number of hydrogen-bond acceptors (Lipinski definition) is 1. The van der Waals surface area contributed by atoms with Gasteiger partial charge in [-0.05, 0) is 74.2 Å². The summed E-state index contributed by atoms with van der Waals surface area (Å²) in [6.45, 7) is 8.12. The second-order valence-electron chi connectivity index (χ2n) is 4.56. The Balaban J connectivity index is 2.60. The van der Waals surface area contributed by atoms with E-state index in [9.17, 15) is 0 Å². The molecule has 2 heteroatoms. The van der Waals surface area contributed by atoms with Crippen LogP contribution in [0.15, 0.2) is 24.3 Å². The third-order valence-electron chi connectivity index (χ3n) is 2.85. The van der Waals surface area contributed by atoms with Gasteiger partial charge in [0.1, 0.15) is 0 Å². The summed E-state index contributed by atoms with van der Waals surface area (Å²) in [5.41, 5.74) is 6.74. The van der Waals surface area contributed by atoms with E-state index < -0.39 is 0 Å². The molecule has 1 nitrogen and oxygen atoms in total. The van der Waals surface area contributed by atoms with Gasteiger partial charge in [-0.25, -0.2) is 0 Å². The van der Waals surface area contributed by atoms with Gasteiger partial charge in [0, 0.05) is 16.4 Å². The van der Waals surface area contributed by atoms with E-state index in [1.54, 1.807) is 0 Å². The van der Waals surface area contributed by atoms with Crippen LogP contribution >= 0.6 is 11.6 Å². The van der Waals surface area contributed by atoms with E-state index in [0.717, 1.165) is 27.5 Å². The van der Waals surface area contributed by atoms with Crippen molar-refractivity contribution in [3.05, 3.63) is 51.8 Å². The number of hydrogen-bond donors (Lipinski definition) is 0. The van der Waals surface area contributed by atoms with Crippen molar-refractivity contribution >= 4 is 11.6 Å². The molecule has 0 aliphatic carbocycles. The minimum atomic E-state index is 0.858. The number of benzene rings is 1. The van der Waals surface area contributed by atoms with Crippen LogP contribution in [0.1, 0.15) is 22.5 Å². The Morgan fingerprint density at radius 1 is 0.765 bits per heavy atom. The molecule has 0 amide bonds. The summed E-state index contributed by atoms with van der Waals surface area (Å²) in [5.74, 6) is 0. The predicted octanol–water partition coefficient (Wildman–Crippen LogP) is 4.64. The number of aromatic nitrogens is 1. The van der Waals surface area contributed by atoms with E-state index in [1.165, 1.54) is 11.1 Å². The van der Waals surface area contributed by atoms with Gasteiger partial charge in [-0.3, -0.25) is 4.98 Å². The van der Waals surface area contributed by atoms with E-state index >= 15 is 0 Å². The van der Waals surface area contributed by atoms with E-state index in [4.69, 9.17) is 11.6 Å². The third-order valence-corrected chi connectivity index (χ3v) is 3.45. The van der Waals surface area contributed by atoms with Gasteiger partial charge < -0.3 is 0 Å². The Bertz CT molecular complexity index is 530. The zero-order valence-corrected chi connectivity index (χ0v) is 11.4. The lowest BCUT2D eigenvalue weighted by atomic mass is 10.0. The van der Waals surface area contributed by atoms with Crippen LogP contribution in [0.2, 0.25) is 5.02 Å². The molecular weight excluding hydrogens is 230 g/mol. The molecule has 1 aromatic carbocycles. The maximum absolute atomic E-state index is 6.19. The van der Waals surface area contributed by atoms with Gasteiger partial charge in [-0.15, -0.1) is 0 Å². The highest BCUT2D eigenvalue weighted by molar-refractivity contribution is 6.32. The topological polar surface area (TPSA) is 12.9 Å². The molecule has 0 bridgehead atoms. The molecule has 0 spiro atoms. The Hall–Kier alpha value is -1.34. The van der Waals surface area contributed by atoms with Crippen molar-refractivity contribution in [2.75, 3.05) is 0 Å². The van der Waals surface area contributed by atoms with Crippen LogP contribution in [0, 0.1) is 27.7 Å². The third kappa shape index (κ3) is 2.50. The second kappa shape index (κ2) is 4.50. The summed E-state index contributed by atoms with van der Waals surface area (Å²) >= 11 is 6.19.